The lowest BCUT2D eigenvalue weighted by molar-refractivity contribution is -0.147. The first-order valence-electron chi connectivity index (χ1n) is 8.00. The van der Waals surface area contributed by atoms with Crippen molar-refractivity contribution in [3.05, 3.63) is 0 Å². The Kier molecular flexibility index (Phi) is 3.16. The number of likely N-dealkylation sites (N-methyl/N-ethyl adjacent to an activating group) is 1. The van der Waals surface area contributed by atoms with Crippen molar-refractivity contribution in [3.8, 4) is 0 Å². The van der Waals surface area contributed by atoms with E-state index >= 15 is 0 Å². The molecule has 2 aliphatic carbocycles. The van der Waals surface area contributed by atoms with Crippen LogP contribution in [0.25, 0.3) is 0 Å². The molecule has 3 aliphatic rings. The Hall–Kier alpha value is -0.570. The summed E-state index contributed by atoms with van der Waals surface area (Å²) in [5.41, 5.74) is 0.229. The predicted octanol–water partition coefficient (Wildman–Crippen LogP) is 2.70. The lowest BCUT2D eigenvalue weighted by atomic mass is 9.85. The molecule has 3 nitrogen and oxygen atoms in total. The number of hydrogen-bond donors (Lipinski definition) is 1. The second-order valence-electron chi connectivity index (χ2n) is 7.59. The van der Waals surface area contributed by atoms with Gasteiger partial charge in [0.05, 0.1) is 6.04 Å². The van der Waals surface area contributed by atoms with E-state index in [1.165, 1.54) is 32.1 Å². The van der Waals surface area contributed by atoms with Crippen molar-refractivity contribution in [2.24, 2.45) is 5.92 Å². The normalized spacial score (nSPS) is 41.6. The minimum absolute atomic E-state index is 0.0297. The number of hydrogen-bond acceptors (Lipinski definition) is 2. The van der Waals surface area contributed by atoms with Crippen molar-refractivity contribution >= 4 is 5.91 Å². The van der Waals surface area contributed by atoms with Gasteiger partial charge < -0.3 is 10.2 Å². The van der Waals surface area contributed by atoms with Crippen LogP contribution in [0.3, 0.4) is 0 Å². The number of nitrogens with one attached hydrogen (secondary N) is 1. The van der Waals surface area contributed by atoms with Gasteiger partial charge >= 0.3 is 0 Å². The molecule has 0 aromatic heterocycles. The average Bonchev–Trinajstić information content (AvgIpc) is 2.91. The van der Waals surface area contributed by atoms with E-state index in [0.29, 0.717) is 5.91 Å². The second kappa shape index (κ2) is 4.47. The Labute approximate surface area is 117 Å². The quantitative estimate of drug-likeness (QED) is 0.831. The number of amides is 1. The summed E-state index contributed by atoms with van der Waals surface area (Å²) in [5.74, 6) is 1.26. The number of carbonyl (C=O) groups is 1. The molecule has 1 aliphatic heterocycles. The fourth-order valence-corrected chi connectivity index (χ4v) is 5.05. The van der Waals surface area contributed by atoms with Crippen molar-refractivity contribution in [1.82, 2.24) is 10.2 Å². The van der Waals surface area contributed by atoms with E-state index in [1.54, 1.807) is 0 Å². The molecule has 1 heterocycles. The zero-order valence-corrected chi connectivity index (χ0v) is 12.7. The number of nitrogens with zero attached hydrogens (tertiary/aromatic N) is 1. The van der Waals surface area contributed by atoms with Gasteiger partial charge in [0.15, 0.2) is 0 Å². The summed E-state index contributed by atoms with van der Waals surface area (Å²) < 4.78 is 0. The molecule has 0 spiro atoms. The van der Waals surface area contributed by atoms with E-state index in [-0.39, 0.29) is 17.1 Å². The minimum Gasteiger partial charge on any atom is -0.331 e. The lowest BCUT2D eigenvalue weighted by Gasteiger charge is -2.50. The van der Waals surface area contributed by atoms with Crippen LogP contribution in [0.2, 0.25) is 0 Å². The van der Waals surface area contributed by atoms with Crippen LogP contribution in [0.1, 0.15) is 65.2 Å². The highest BCUT2D eigenvalue weighted by molar-refractivity contribution is 5.83. The van der Waals surface area contributed by atoms with Crippen LogP contribution < -0.4 is 5.32 Å². The Balaban J connectivity index is 1.96. The van der Waals surface area contributed by atoms with E-state index in [0.717, 1.165) is 25.2 Å². The molecule has 1 amide bonds. The van der Waals surface area contributed by atoms with Gasteiger partial charge in [-0.25, -0.2) is 0 Å². The van der Waals surface area contributed by atoms with Crippen LogP contribution in [-0.2, 0) is 4.79 Å². The monoisotopic (exact) mass is 264 g/mol. The molecule has 0 aromatic carbocycles. The molecule has 3 rings (SSSR count). The molecule has 19 heavy (non-hydrogen) atoms. The van der Waals surface area contributed by atoms with Crippen molar-refractivity contribution in [1.29, 1.82) is 0 Å². The molecule has 3 fully saturated rings. The zero-order chi connectivity index (χ0) is 13.7. The van der Waals surface area contributed by atoms with Gasteiger partial charge in [-0.1, -0.05) is 0 Å². The first-order chi connectivity index (χ1) is 8.98. The van der Waals surface area contributed by atoms with Gasteiger partial charge in [0.2, 0.25) is 5.91 Å². The summed E-state index contributed by atoms with van der Waals surface area (Å²) in [6.45, 7) is 4.56. The Morgan fingerprint density at radius 2 is 1.84 bits per heavy atom. The third-order valence-corrected chi connectivity index (χ3v) is 5.93. The number of carbonyl (C=O) groups excluding carboxylic acids is 1. The molecule has 0 aromatic rings. The topological polar surface area (TPSA) is 32.3 Å². The van der Waals surface area contributed by atoms with Gasteiger partial charge in [-0.2, -0.15) is 0 Å². The van der Waals surface area contributed by atoms with Crippen LogP contribution in [0.5, 0.6) is 0 Å². The van der Waals surface area contributed by atoms with Crippen molar-refractivity contribution < 1.29 is 4.79 Å². The third-order valence-electron chi connectivity index (χ3n) is 5.93. The van der Waals surface area contributed by atoms with Crippen LogP contribution in [0, 0.1) is 5.92 Å². The second-order valence-corrected chi connectivity index (χ2v) is 7.59. The molecule has 1 atom stereocenters. The summed E-state index contributed by atoms with van der Waals surface area (Å²) in [6.07, 6.45) is 9.71. The third kappa shape index (κ3) is 2.01. The van der Waals surface area contributed by atoms with Crippen LogP contribution in [0.4, 0.5) is 0 Å². The molecule has 0 radical (unpaired) electrons. The Bertz CT molecular complexity index is 369. The first kappa shape index (κ1) is 13.4. The average molecular weight is 264 g/mol. The Morgan fingerprint density at radius 1 is 1.16 bits per heavy atom. The number of fused-ring (bicyclic) bond motifs is 2. The number of likely N-dealkylation sites (tertiary alicyclic amines) is 1. The van der Waals surface area contributed by atoms with Crippen LogP contribution in [-0.4, -0.2) is 35.0 Å². The largest absolute Gasteiger partial charge is 0.331 e. The van der Waals surface area contributed by atoms with Gasteiger partial charge in [0.1, 0.15) is 0 Å². The smallest absolute Gasteiger partial charge is 0.240 e. The zero-order valence-electron chi connectivity index (χ0n) is 12.7. The molecular formula is C16H28N2O. The molecule has 108 valence electrons. The van der Waals surface area contributed by atoms with E-state index in [1.807, 2.05) is 7.05 Å². The van der Waals surface area contributed by atoms with E-state index in [9.17, 15) is 4.79 Å². The van der Waals surface area contributed by atoms with Gasteiger partial charge in [-0.15, -0.1) is 0 Å². The van der Waals surface area contributed by atoms with Crippen molar-refractivity contribution in [2.75, 3.05) is 7.05 Å². The summed E-state index contributed by atoms with van der Waals surface area (Å²) >= 11 is 0. The van der Waals surface area contributed by atoms with E-state index in [4.69, 9.17) is 0 Å². The maximum Gasteiger partial charge on any atom is 0.240 e. The molecule has 2 bridgehead atoms. The van der Waals surface area contributed by atoms with Gasteiger partial charge in [0, 0.05) is 11.1 Å². The van der Waals surface area contributed by atoms with E-state index < -0.39 is 0 Å². The molecule has 3 heteroatoms. The SMILES string of the molecule is CNC1CCCC(C)(C)N(C23CCC(CC2)C3)C1=O. The summed E-state index contributed by atoms with van der Waals surface area (Å²) in [4.78, 5) is 15.4. The first-order valence-corrected chi connectivity index (χ1v) is 8.00. The predicted molar refractivity (Wildman–Crippen MR) is 76.9 cm³/mol. The van der Waals surface area contributed by atoms with Crippen LogP contribution in [0.15, 0.2) is 0 Å². The van der Waals surface area contributed by atoms with Crippen LogP contribution >= 0.6 is 0 Å². The lowest BCUT2D eigenvalue weighted by Crippen LogP contribution is -2.61. The van der Waals surface area contributed by atoms with Crippen molar-refractivity contribution in [2.45, 2.75) is 82.3 Å². The van der Waals surface area contributed by atoms with Gasteiger partial charge in [-0.3, -0.25) is 4.79 Å². The highest BCUT2D eigenvalue weighted by atomic mass is 16.2. The van der Waals surface area contributed by atoms with Crippen molar-refractivity contribution in [3.63, 3.8) is 0 Å². The minimum atomic E-state index is 0.0297. The Morgan fingerprint density at radius 3 is 2.37 bits per heavy atom. The fourth-order valence-electron chi connectivity index (χ4n) is 5.05. The molecular weight excluding hydrogens is 236 g/mol. The van der Waals surface area contributed by atoms with Gasteiger partial charge in [0.25, 0.3) is 0 Å². The molecule has 1 N–H and O–H groups in total. The highest BCUT2D eigenvalue weighted by Crippen LogP contribution is 2.54. The summed E-state index contributed by atoms with van der Waals surface area (Å²) in [6, 6.07) is 0.0378. The maximum absolute atomic E-state index is 13.0. The molecule has 2 saturated carbocycles. The van der Waals surface area contributed by atoms with E-state index in [2.05, 4.69) is 24.1 Å². The summed E-state index contributed by atoms with van der Waals surface area (Å²) in [5, 5.41) is 3.25. The standard InChI is InChI=1S/C16H28N2O/c1-15(2)8-4-5-13(17-3)14(19)18(15)16-9-6-12(11-16)7-10-16/h12-13,17H,4-11H2,1-3H3. The number of rotatable bonds is 2. The highest BCUT2D eigenvalue weighted by Gasteiger charge is 2.55. The molecule has 1 saturated heterocycles. The maximum atomic E-state index is 13.0. The van der Waals surface area contributed by atoms with Gasteiger partial charge in [-0.05, 0) is 78.2 Å². The molecule has 1 unspecified atom stereocenters. The fraction of sp³-hybridized carbons (Fsp3) is 0.938. The summed E-state index contributed by atoms with van der Waals surface area (Å²) in [7, 11) is 1.93.